The highest BCUT2D eigenvalue weighted by Gasteiger charge is 2.10. The molecule has 0 bridgehead atoms. The van der Waals surface area contributed by atoms with E-state index in [1.54, 1.807) is 0 Å². The number of nitriles is 1. The van der Waals surface area contributed by atoms with E-state index in [1.165, 1.54) is 6.19 Å². The van der Waals surface area contributed by atoms with Crippen LogP contribution in [0.4, 0.5) is 0 Å². The van der Waals surface area contributed by atoms with Gasteiger partial charge in [-0.2, -0.15) is 5.26 Å². The van der Waals surface area contributed by atoms with Gasteiger partial charge in [-0.3, -0.25) is 15.2 Å². The lowest BCUT2D eigenvalue weighted by molar-refractivity contribution is 0.0963. The van der Waals surface area contributed by atoms with E-state index in [-0.39, 0.29) is 5.82 Å². The number of nitrogens with zero attached hydrogens (tertiary/aromatic N) is 3. The van der Waals surface area contributed by atoms with Gasteiger partial charge in [0.1, 0.15) is 5.82 Å². The molecule has 0 aromatic carbocycles. The van der Waals surface area contributed by atoms with Gasteiger partial charge in [0.05, 0.1) is 0 Å². The van der Waals surface area contributed by atoms with Crippen LogP contribution >= 0.6 is 0 Å². The van der Waals surface area contributed by atoms with E-state index in [9.17, 15) is 4.79 Å². The maximum Gasteiger partial charge on any atom is 0.303 e. The van der Waals surface area contributed by atoms with Crippen LogP contribution < -0.4 is 5.32 Å². The molecule has 0 spiro atoms. The Hall–Kier alpha value is -1.90. The summed E-state index contributed by atoms with van der Waals surface area (Å²) >= 11 is 0. The van der Waals surface area contributed by atoms with E-state index in [0.29, 0.717) is 12.2 Å². The fourth-order valence-corrected chi connectivity index (χ4v) is 0.662. The van der Waals surface area contributed by atoms with Crippen LogP contribution in [-0.2, 0) is 6.42 Å². The second-order valence-electron chi connectivity index (χ2n) is 2.03. The maximum absolute atomic E-state index is 10.9. The van der Waals surface area contributed by atoms with Crippen LogP contribution in [0, 0.1) is 11.5 Å². The molecule has 0 atom stereocenters. The SMILES string of the molecule is CCc1nc(C(=O)NC#N)n[nH]1. The van der Waals surface area contributed by atoms with Crippen molar-refractivity contribution < 1.29 is 4.79 Å². The molecule has 12 heavy (non-hydrogen) atoms. The molecule has 62 valence electrons. The average Bonchev–Trinajstić information content (AvgIpc) is 2.52. The number of hydrogen-bond acceptors (Lipinski definition) is 4. The summed E-state index contributed by atoms with van der Waals surface area (Å²) in [5.41, 5.74) is 0. The second kappa shape index (κ2) is 3.48. The summed E-state index contributed by atoms with van der Waals surface area (Å²) in [7, 11) is 0. The third-order valence-electron chi connectivity index (χ3n) is 1.24. The average molecular weight is 165 g/mol. The van der Waals surface area contributed by atoms with Gasteiger partial charge in [0.2, 0.25) is 5.82 Å². The lowest BCUT2D eigenvalue weighted by atomic mass is 10.5. The van der Waals surface area contributed by atoms with Crippen molar-refractivity contribution in [2.75, 3.05) is 0 Å². The monoisotopic (exact) mass is 165 g/mol. The molecule has 1 rings (SSSR count). The molecule has 6 nitrogen and oxygen atoms in total. The van der Waals surface area contributed by atoms with Crippen LogP contribution in [0.3, 0.4) is 0 Å². The lowest BCUT2D eigenvalue weighted by Gasteiger charge is -1.86. The Bertz CT molecular complexity index is 323. The van der Waals surface area contributed by atoms with Gasteiger partial charge in [-0.15, -0.1) is 5.10 Å². The quantitative estimate of drug-likeness (QED) is 0.459. The predicted octanol–water partition coefficient (Wildman–Crippen LogP) is -0.422. The number of H-pyrrole nitrogens is 1. The number of carbonyl (C=O) groups excluding carboxylic acids is 1. The predicted molar refractivity (Wildman–Crippen MR) is 38.8 cm³/mol. The zero-order valence-corrected chi connectivity index (χ0v) is 6.46. The fourth-order valence-electron chi connectivity index (χ4n) is 0.662. The van der Waals surface area contributed by atoms with Crippen molar-refractivity contribution in [1.29, 1.82) is 5.26 Å². The number of rotatable bonds is 2. The van der Waals surface area contributed by atoms with Gasteiger partial charge in [-0.05, 0) is 0 Å². The zero-order valence-electron chi connectivity index (χ0n) is 6.46. The standard InChI is InChI=1S/C6H7N5O/c1-2-4-9-5(11-10-4)6(12)8-3-7/h2H2,1H3,(H,8,12)(H,9,10,11). The Morgan fingerprint density at radius 2 is 2.58 bits per heavy atom. The molecular weight excluding hydrogens is 158 g/mol. The molecular formula is C6H7N5O. The molecule has 1 amide bonds. The van der Waals surface area contributed by atoms with Gasteiger partial charge in [-0.1, -0.05) is 6.92 Å². The van der Waals surface area contributed by atoms with Crippen molar-refractivity contribution in [1.82, 2.24) is 20.5 Å². The Labute approximate surface area is 68.6 Å². The highest BCUT2D eigenvalue weighted by atomic mass is 16.2. The number of amides is 1. The Morgan fingerprint density at radius 3 is 3.08 bits per heavy atom. The van der Waals surface area contributed by atoms with E-state index < -0.39 is 5.91 Å². The van der Waals surface area contributed by atoms with E-state index in [2.05, 4.69) is 15.2 Å². The van der Waals surface area contributed by atoms with Gasteiger partial charge in [0.25, 0.3) is 0 Å². The maximum atomic E-state index is 10.9. The number of carbonyl (C=O) groups is 1. The number of nitrogens with one attached hydrogen (secondary N) is 2. The second-order valence-corrected chi connectivity index (χ2v) is 2.03. The summed E-state index contributed by atoms with van der Waals surface area (Å²) in [6, 6.07) is 0. The van der Waals surface area contributed by atoms with Gasteiger partial charge in [0.15, 0.2) is 6.19 Å². The van der Waals surface area contributed by atoms with Gasteiger partial charge in [0, 0.05) is 6.42 Å². The van der Waals surface area contributed by atoms with Crippen molar-refractivity contribution in [3.8, 4) is 6.19 Å². The number of aryl methyl sites for hydroxylation is 1. The Balaban J connectivity index is 2.76. The van der Waals surface area contributed by atoms with Crippen molar-refractivity contribution in [2.45, 2.75) is 13.3 Å². The minimum Gasteiger partial charge on any atom is -0.264 e. The first-order valence-electron chi connectivity index (χ1n) is 3.38. The van der Waals surface area contributed by atoms with Crippen LogP contribution in [0.15, 0.2) is 0 Å². The molecule has 0 saturated heterocycles. The molecule has 1 aromatic rings. The molecule has 0 saturated carbocycles. The smallest absolute Gasteiger partial charge is 0.264 e. The first-order valence-corrected chi connectivity index (χ1v) is 3.38. The first kappa shape index (κ1) is 8.20. The molecule has 0 aliphatic rings. The highest BCUT2D eigenvalue weighted by molar-refractivity contribution is 5.91. The lowest BCUT2D eigenvalue weighted by Crippen LogP contribution is -2.18. The van der Waals surface area contributed by atoms with Crippen LogP contribution in [0.5, 0.6) is 0 Å². The zero-order chi connectivity index (χ0) is 8.97. The Kier molecular flexibility index (Phi) is 2.38. The normalized spacial score (nSPS) is 9.00. The van der Waals surface area contributed by atoms with Crippen LogP contribution in [-0.4, -0.2) is 21.1 Å². The van der Waals surface area contributed by atoms with Crippen LogP contribution in [0.1, 0.15) is 23.4 Å². The van der Waals surface area contributed by atoms with Gasteiger partial charge < -0.3 is 0 Å². The summed E-state index contributed by atoms with van der Waals surface area (Å²) in [6.07, 6.45) is 2.17. The van der Waals surface area contributed by atoms with Crippen LogP contribution in [0.2, 0.25) is 0 Å². The third kappa shape index (κ3) is 1.58. The number of aromatic amines is 1. The highest BCUT2D eigenvalue weighted by Crippen LogP contribution is 1.92. The van der Waals surface area contributed by atoms with E-state index >= 15 is 0 Å². The largest absolute Gasteiger partial charge is 0.303 e. The minimum absolute atomic E-state index is 0.00611. The number of aromatic nitrogens is 3. The van der Waals surface area contributed by atoms with Crippen molar-refractivity contribution in [3.63, 3.8) is 0 Å². The molecule has 0 radical (unpaired) electrons. The molecule has 2 N–H and O–H groups in total. The summed E-state index contributed by atoms with van der Waals surface area (Å²) in [5, 5.41) is 16.2. The van der Waals surface area contributed by atoms with E-state index in [4.69, 9.17) is 5.26 Å². The third-order valence-corrected chi connectivity index (χ3v) is 1.24. The van der Waals surface area contributed by atoms with Crippen LogP contribution in [0.25, 0.3) is 0 Å². The summed E-state index contributed by atoms with van der Waals surface area (Å²) in [5.74, 6) is 0.0277. The Morgan fingerprint density at radius 1 is 1.83 bits per heavy atom. The molecule has 0 aliphatic heterocycles. The molecule has 0 unspecified atom stereocenters. The van der Waals surface area contributed by atoms with E-state index in [0.717, 1.165) is 0 Å². The minimum atomic E-state index is -0.589. The molecule has 1 heterocycles. The van der Waals surface area contributed by atoms with Crippen molar-refractivity contribution in [2.24, 2.45) is 0 Å². The van der Waals surface area contributed by atoms with Gasteiger partial charge >= 0.3 is 5.91 Å². The molecule has 1 aromatic heterocycles. The number of hydrogen-bond donors (Lipinski definition) is 2. The molecule has 0 aliphatic carbocycles. The summed E-state index contributed by atoms with van der Waals surface area (Å²) in [4.78, 5) is 14.7. The summed E-state index contributed by atoms with van der Waals surface area (Å²) in [6.45, 7) is 1.88. The van der Waals surface area contributed by atoms with Crippen molar-refractivity contribution >= 4 is 5.91 Å². The fraction of sp³-hybridized carbons (Fsp3) is 0.333. The van der Waals surface area contributed by atoms with E-state index in [1.807, 2.05) is 12.2 Å². The van der Waals surface area contributed by atoms with Crippen molar-refractivity contribution in [3.05, 3.63) is 11.6 Å². The molecule has 6 heteroatoms. The summed E-state index contributed by atoms with van der Waals surface area (Å²) < 4.78 is 0. The topological polar surface area (TPSA) is 94.5 Å². The van der Waals surface area contributed by atoms with Gasteiger partial charge in [-0.25, -0.2) is 4.98 Å². The first-order chi connectivity index (χ1) is 5.77. The molecule has 0 fully saturated rings.